The number of hydrogen-bond donors (Lipinski definition) is 5. The summed E-state index contributed by atoms with van der Waals surface area (Å²) in [7, 11) is 0. The van der Waals surface area contributed by atoms with Gasteiger partial charge in [0.15, 0.2) is 0 Å². The first kappa shape index (κ1) is 22.3. The van der Waals surface area contributed by atoms with Crippen LogP contribution in [-0.4, -0.2) is 52.7 Å². The SMILES string of the molecule is CC[C@H](C)[C@H](N)C(=O)N[C@H](C(=O)N[C@@H](CCO)C(=O)O)[C@@H](C)CC. The molecule has 0 heterocycles. The molecular formula is C16H31N3O5. The summed E-state index contributed by atoms with van der Waals surface area (Å²) >= 11 is 0. The van der Waals surface area contributed by atoms with E-state index in [9.17, 15) is 14.4 Å². The number of nitrogens with one attached hydrogen (secondary N) is 2. The van der Waals surface area contributed by atoms with Crippen LogP contribution in [0.15, 0.2) is 0 Å². The molecule has 0 aromatic rings. The first-order valence-electron chi connectivity index (χ1n) is 8.39. The van der Waals surface area contributed by atoms with Crippen LogP contribution in [-0.2, 0) is 14.4 Å². The molecule has 0 rings (SSSR count). The molecule has 5 atom stereocenters. The van der Waals surface area contributed by atoms with Crippen LogP contribution < -0.4 is 16.4 Å². The van der Waals surface area contributed by atoms with E-state index in [-0.39, 0.29) is 24.9 Å². The molecule has 0 aliphatic rings. The van der Waals surface area contributed by atoms with Crippen LogP contribution in [0, 0.1) is 11.8 Å². The van der Waals surface area contributed by atoms with Gasteiger partial charge in [-0.3, -0.25) is 9.59 Å². The van der Waals surface area contributed by atoms with Gasteiger partial charge in [-0.1, -0.05) is 40.5 Å². The lowest BCUT2D eigenvalue weighted by molar-refractivity contribution is -0.143. The number of aliphatic carboxylic acids is 1. The maximum Gasteiger partial charge on any atom is 0.326 e. The number of carbonyl (C=O) groups excluding carboxylic acids is 2. The minimum Gasteiger partial charge on any atom is -0.480 e. The average molecular weight is 345 g/mol. The maximum atomic E-state index is 12.4. The Bertz CT molecular complexity index is 430. The highest BCUT2D eigenvalue weighted by Crippen LogP contribution is 2.11. The van der Waals surface area contributed by atoms with Gasteiger partial charge in [0.25, 0.3) is 0 Å². The van der Waals surface area contributed by atoms with Crippen molar-refractivity contribution in [3.05, 3.63) is 0 Å². The molecule has 0 bridgehead atoms. The molecule has 0 saturated carbocycles. The zero-order valence-electron chi connectivity index (χ0n) is 14.9. The summed E-state index contributed by atoms with van der Waals surface area (Å²) < 4.78 is 0. The number of carboxylic acid groups (broad SMARTS) is 1. The average Bonchev–Trinajstić information content (AvgIpc) is 2.56. The minimum absolute atomic E-state index is 0.0354. The van der Waals surface area contributed by atoms with E-state index in [2.05, 4.69) is 10.6 Å². The molecule has 0 unspecified atom stereocenters. The molecule has 8 heteroatoms. The van der Waals surface area contributed by atoms with Gasteiger partial charge in [0.1, 0.15) is 12.1 Å². The number of carbonyl (C=O) groups is 3. The molecule has 2 amide bonds. The molecule has 0 aromatic carbocycles. The summed E-state index contributed by atoms with van der Waals surface area (Å²) in [5.74, 6) is -2.48. The van der Waals surface area contributed by atoms with Gasteiger partial charge in [-0.2, -0.15) is 0 Å². The van der Waals surface area contributed by atoms with Gasteiger partial charge in [-0.15, -0.1) is 0 Å². The Morgan fingerprint density at radius 3 is 1.96 bits per heavy atom. The number of rotatable bonds is 11. The summed E-state index contributed by atoms with van der Waals surface area (Å²) in [5.41, 5.74) is 5.89. The fourth-order valence-corrected chi connectivity index (χ4v) is 2.11. The number of nitrogens with two attached hydrogens (primary N) is 1. The van der Waals surface area contributed by atoms with Crippen molar-refractivity contribution in [3.63, 3.8) is 0 Å². The minimum atomic E-state index is -1.23. The molecule has 0 spiro atoms. The summed E-state index contributed by atoms with van der Waals surface area (Å²) in [6, 6.07) is -2.81. The molecule has 140 valence electrons. The molecule has 0 saturated heterocycles. The van der Waals surface area contributed by atoms with Gasteiger partial charge < -0.3 is 26.6 Å². The van der Waals surface area contributed by atoms with Crippen molar-refractivity contribution in [2.75, 3.05) is 6.61 Å². The third-order valence-electron chi connectivity index (χ3n) is 4.39. The number of carboxylic acids is 1. The van der Waals surface area contributed by atoms with E-state index in [0.29, 0.717) is 6.42 Å². The highest BCUT2D eigenvalue weighted by atomic mass is 16.4. The van der Waals surface area contributed by atoms with E-state index in [4.69, 9.17) is 15.9 Å². The monoisotopic (exact) mass is 345 g/mol. The van der Waals surface area contributed by atoms with E-state index >= 15 is 0 Å². The molecule has 0 aliphatic heterocycles. The molecule has 0 fully saturated rings. The Hall–Kier alpha value is -1.67. The third kappa shape index (κ3) is 6.84. The number of amides is 2. The Morgan fingerprint density at radius 2 is 1.54 bits per heavy atom. The van der Waals surface area contributed by atoms with Crippen molar-refractivity contribution < 1.29 is 24.6 Å². The van der Waals surface area contributed by atoms with Gasteiger partial charge in [0.05, 0.1) is 6.04 Å². The molecule has 24 heavy (non-hydrogen) atoms. The van der Waals surface area contributed by atoms with Crippen LogP contribution in [0.5, 0.6) is 0 Å². The van der Waals surface area contributed by atoms with Gasteiger partial charge in [0.2, 0.25) is 11.8 Å². The first-order valence-corrected chi connectivity index (χ1v) is 8.39. The number of hydrogen-bond acceptors (Lipinski definition) is 5. The summed E-state index contributed by atoms with van der Waals surface area (Å²) in [5, 5.41) is 23.0. The lowest BCUT2D eigenvalue weighted by Gasteiger charge is -2.27. The molecular weight excluding hydrogens is 314 g/mol. The molecule has 0 radical (unpaired) electrons. The second-order valence-corrected chi connectivity index (χ2v) is 6.19. The number of aliphatic hydroxyl groups is 1. The van der Waals surface area contributed by atoms with Crippen LogP contribution in [0.4, 0.5) is 0 Å². The summed E-state index contributed by atoms with van der Waals surface area (Å²) in [4.78, 5) is 35.8. The van der Waals surface area contributed by atoms with Crippen molar-refractivity contribution in [1.82, 2.24) is 10.6 Å². The maximum absolute atomic E-state index is 12.4. The normalized spacial score (nSPS) is 17.2. The fourth-order valence-electron chi connectivity index (χ4n) is 2.11. The van der Waals surface area contributed by atoms with Crippen LogP contribution in [0.25, 0.3) is 0 Å². The van der Waals surface area contributed by atoms with Gasteiger partial charge >= 0.3 is 5.97 Å². The first-order chi connectivity index (χ1) is 11.2. The highest BCUT2D eigenvalue weighted by Gasteiger charge is 2.31. The van der Waals surface area contributed by atoms with Crippen LogP contribution in [0.2, 0.25) is 0 Å². The Labute approximate surface area is 143 Å². The Morgan fingerprint density at radius 1 is 1.00 bits per heavy atom. The van der Waals surface area contributed by atoms with Crippen molar-refractivity contribution in [2.24, 2.45) is 17.6 Å². The van der Waals surface area contributed by atoms with Gasteiger partial charge in [-0.05, 0) is 11.8 Å². The molecule has 0 aliphatic carbocycles. The van der Waals surface area contributed by atoms with Crippen LogP contribution in [0.3, 0.4) is 0 Å². The van der Waals surface area contributed by atoms with E-state index in [1.807, 2.05) is 20.8 Å². The largest absolute Gasteiger partial charge is 0.480 e. The third-order valence-corrected chi connectivity index (χ3v) is 4.39. The quantitative estimate of drug-likeness (QED) is 0.352. The van der Waals surface area contributed by atoms with Crippen molar-refractivity contribution >= 4 is 17.8 Å². The topological polar surface area (TPSA) is 142 Å². The van der Waals surface area contributed by atoms with E-state index in [0.717, 1.165) is 6.42 Å². The predicted molar refractivity (Wildman–Crippen MR) is 90.1 cm³/mol. The molecule has 6 N–H and O–H groups in total. The van der Waals surface area contributed by atoms with Crippen molar-refractivity contribution in [2.45, 2.75) is 65.1 Å². The van der Waals surface area contributed by atoms with E-state index in [1.165, 1.54) is 0 Å². The zero-order valence-corrected chi connectivity index (χ0v) is 14.9. The van der Waals surface area contributed by atoms with E-state index in [1.54, 1.807) is 6.92 Å². The van der Waals surface area contributed by atoms with Gasteiger partial charge in [-0.25, -0.2) is 4.79 Å². The highest BCUT2D eigenvalue weighted by molar-refractivity contribution is 5.92. The standard InChI is InChI=1S/C16H31N3O5/c1-5-9(3)12(17)14(21)19-13(10(4)6-2)15(22)18-11(7-8-20)16(23)24/h9-13,20H,5-8,17H2,1-4H3,(H,18,22)(H,19,21)(H,23,24)/t9-,10-,11-,12-,13-/m0/s1. The van der Waals surface area contributed by atoms with E-state index < -0.39 is 35.9 Å². The summed E-state index contributed by atoms with van der Waals surface area (Å²) in [6.07, 6.45) is 1.25. The zero-order chi connectivity index (χ0) is 18.9. The second-order valence-electron chi connectivity index (χ2n) is 6.19. The van der Waals surface area contributed by atoms with Crippen molar-refractivity contribution in [1.29, 1.82) is 0 Å². The second kappa shape index (κ2) is 11.0. The fraction of sp³-hybridized carbons (Fsp3) is 0.812. The van der Waals surface area contributed by atoms with Crippen LogP contribution >= 0.6 is 0 Å². The lowest BCUT2D eigenvalue weighted by atomic mass is 9.95. The Kier molecular flexibility index (Phi) is 10.2. The summed E-state index contributed by atoms with van der Waals surface area (Å²) in [6.45, 7) is 7.07. The predicted octanol–water partition coefficient (Wildman–Crippen LogP) is -0.157. The smallest absolute Gasteiger partial charge is 0.326 e. The molecule has 0 aromatic heterocycles. The van der Waals surface area contributed by atoms with Crippen molar-refractivity contribution in [3.8, 4) is 0 Å². The Balaban J connectivity index is 5.09. The van der Waals surface area contributed by atoms with Crippen LogP contribution in [0.1, 0.15) is 47.0 Å². The molecule has 8 nitrogen and oxygen atoms in total. The number of aliphatic hydroxyl groups excluding tert-OH is 1. The van der Waals surface area contributed by atoms with Gasteiger partial charge in [0, 0.05) is 13.0 Å². The lowest BCUT2D eigenvalue weighted by Crippen LogP contribution is -2.57.